The minimum atomic E-state index is -0.263. The summed E-state index contributed by atoms with van der Waals surface area (Å²) in [5, 5.41) is 13.9. The number of para-hydroxylation sites is 1. The Kier molecular flexibility index (Phi) is 3.50. The van der Waals surface area contributed by atoms with Crippen LogP contribution in [0.25, 0.3) is 10.2 Å². The largest absolute Gasteiger partial charge is 0.508 e. The van der Waals surface area contributed by atoms with E-state index in [4.69, 9.17) is 0 Å². The number of nitrogens with zero attached hydrogens (tertiary/aromatic N) is 1. The number of carbonyl (C=O) groups excluding carboxylic acids is 1. The van der Waals surface area contributed by atoms with Crippen molar-refractivity contribution in [3.63, 3.8) is 0 Å². The molecule has 0 saturated heterocycles. The monoisotopic (exact) mass is 324 g/mol. The third-order valence-electron chi connectivity index (χ3n) is 4.29. The first-order valence-corrected chi connectivity index (χ1v) is 8.47. The molecule has 1 heterocycles. The van der Waals surface area contributed by atoms with Gasteiger partial charge in [-0.05, 0) is 36.6 Å². The second-order valence-corrected chi connectivity index (χ2v) is 6.85. The van der Waals surface area contributed by atoms with Crippen LogP contribution >= 0.6 is 11.3 Å². The maximum Gasteiger partial charge on any atom is 0.228 e. The Bertz CT molecular complexity index is 855. The molecule has 2 aromatic carbocycles. The molecule has 0 saturated carbocycles. The number of nitrogens with one attached hydrogen (secondary N) is 1. The van der Waals surface area contributed by atoms with Gasteiger partial charge in [-0.25, -0.2) is 4.98 Å². The number of rotatable bonds is 3. The molecule has 4 rings (SSSR count). The molecular formula is C18H16N2O2S. The van der Waals surface area contributed by atoms with E-state index in [-0.39, 0.29) is 17.6 Å². The number of aryl methyl sites for hydroxylation is 1. The SMILES string of the molecule is O=C(NCc1nc2ccccc2s1)C1CCc2cccc(O)c21. The number of benzene rings is 2. The first-order chi connectivity index (χ1) is 11.2. The van der Waals surface area contributed by atoms with Crippen molar-refractivity contribution in [2.24, 2.45) is 0 Å². The molecule has 116 valence electrons. The van der Waals surface area contributed by atoms with Gasteiger partial charge in [0.15, 0.2) is 0 Å². The van der Waals surface area contributed by atoms with Crippen LogP contribution in [0.15, 0.2) is 42.5 Å². The molecule has 0 fully saturated rings. The number of phenols is 1. The van der Waals surface area contributed by atoms with Gasteiger partial charge in [0.1, 0.15) is 10.8 Å². The Hall–Kier alpha value is -2.40. The van der Waals surface area contributed by atoms with Crippen molar-refractivity contribution < 1.29 is 9.90 Å². The summed E-state index contributed by atoms with van der Waals surface area (Å²) in [6.07, 6.45) is 1.58. The molecule has 1 amide bonds. The molecule has 1 aliphatic rings. The number of hydrogen-bond donors (Lipinski definition) is 2. The molecule has 1 aromatic heterocycles. The van der Waals surface area contributed by atoms with Crippen molar-refractivity contribution >= 4 is 27.5 Å². The number of hydrogen-bond acceptors (Lipinski definition) is 4. The molecule has 1 aliphatic carbocycles. The quantitative estimate of drug-likeness (QED) is 0.776. The predicted octanol–water partition coefficient (Wildman–Crippen LogP) is 3.35. The van der Waals surface area contributed by atoms with E-state index in [1.165, 1.54) is 0 Å². The predicted molar refractivity (Wildman–Crippen MR) is 90.6 cm³/mol. The maximum atomic E-state index is 12.5. The summed E-state index contributed by atoms with van der Waals surface area (Å²) in [6, 6.07) is 13.4. The Balaban J connectivity index is 1.49. The fraction of sp³-hybridized carbons (Fsp3) is 0.222. The molecule has 4 nitrogen and oxygen atoms in total. The smallest absolute Gasteiger partial charge is 0.228 e. The fourth-order valence-electron chi connectivity index (χ4n) is 3.21. The van der Waals surface area contributed by atoms with Gasteiger partial charge in [0.2, 0.25) is 5.91 Å². The van der Waals surface area contributed by atoms with E-state index < -0.39 is 0 Å². The van der Waals surface area contributed by atoms with Crippen molar-refractivity contribution in [1.82, 2.24) is 10.3 Å². The normalized spacial score (nSPS) is 16.4. The molecule has 23 heavy (non-hydrogen) atoms. The van der Waals surface area contributed by atoms with E-state index >= 15 is 0 Å². The van der Waals surface area contributed by atoms with Crippen LogP contribution in [0.2, 0.25) is 0 Å². The van der Waals surface area contributed by atoms with E-state index in [0.717, 1.165) is 39.2 Å². The highest BCUT2D eigenvalue weighted by Crippen LogP contribution is 2.39. The van der Waals surface area contributed by atoms with Crippen LogP contribution in [-0.4, -0.2) is 16.0 Å². The molecular weight excluding hydrogens is 308 g/mol. The third-order valence-corrected chi connectivity index (χ3v) is 5.33. The van der Waals surface area contributed by atoms with Crippen molar-refractivity contribution in [3.05, 3.63) is 58.6 Å². The average Bonchev–Trinajstić information content (AvgIpc) is 3.17. The Labute approximate surface area is 137 Å². The van der Waals surface area contributed by atoms with E-state index in [9.17, 15) is 9.90 Å². The minimum absolute atomic E-state index is 0.0375. The zero-order chi connectivity index (χ0) is 15.8. The summed E-state index contributed by atoms with van der Waals surface area (Å²) in [7, 11) is 0. The van der Waals surface area contributed by atoms with Crippen molar-refractivity contribution in [2.45, 2.75) is 25.3 Å². The lowest BCUT2D eigenvalue weighted by atomic mass is 9.99. The van der Waals surface area contributed by atoms with Crippen molar-refractivity contribution in [2.75, 3.05) is 0 Å². The average molecular weight is 324 g/mol. The van der Waals surface area contributed by atoms with Crippen LogP contribution in [0.5, 0.6) is 5.75 Å². The summed E-state index contributed by atoms with van der Waals surface area (Å²) in [5.74, 6) is -0.0785. The Morgan fingerprint density at radius 3 is 3.00 bits per heavy atom. The number of phenolic OH excluding ortho intramolecular Hbond substituents is 1. The molecule has 1 atom stereocenters. The van der Waals surface area contributed by atoms with Gasteiger partial charge >= 0.3 is 0 Å². The number of thiazole rings is 1. The van der Waals surface area contributed by atoms with Gasteiger partial charge in [0.05, 0.1) is 22.7 Å². The second-order valence-electron chi connectivity index (χ2n) is 5.73. The first-order valence-electron chi connectivity index (χ1n) is 7.65. The van der Waals surface area contributed by atoms with Gasteiger partial charge in [-0.2, -0.15) is 0 Å². The molecule has 1 unspecified atom stereocenters. The number of amides is 1. The molecule has 0 bridgehead atoms. The second kappa shape index (κ2) is 5.66. The van der Waals surface area contributed by atoms with Gasteiger partial charge < -0.3 is 10.4 Å². The van der Waals surface area contributed by atoms with E-state index in [1.54, 1.807) is 17.4 Å². The van der Waals surface area contributed by atoms with Crippen LogP contribution in [-0.2, 0) is 17.8 Å². The highest BCUT2D eigenvalue weighted by molar-refractivity contribution is 7.18. The van der Waals surface area contributed by atoms with Crippen LogP contribution in [0, 0.1) is 0 Å². The number of carbonyl (C=O) groups is 1. The number of fused-ring (bicyclic) bond motifs is 2. The summed E-state index contributed by atoms with van der Waals surface area (Å²) in [6.45, 7) is 0.428. The highest BCUT2D eigenvalue weighted by atomic mass is 32.1. The molecule has 5 heteroatoms. The summed E-state index contributed by atoms with van der Waals surface area (Å²) in [5.41, 5.74) is 2.82. The molecule has 0 spiro atoms. The Morgan fingerprint density at radius 1 is 1.26 bits per heavy atom. The van der Waals surface area contributed by atoms with Gasteiger partial charge in [0, 0.05) is 5.56 Å². The molecule has 0 aliphatic heterocycles. The molecule has 3 aromatic rings. The van der Waals surface area contributed by atoms with Crippen LogP contribution < -0.4 is 5.32 Å². The van der Waals surface area contributed by atoms with Gasteiger partial charge in [-0.1, -0.05) is 24.3 Å². The lowest BCUT2D eigenvalue weighted by molar-refractivity contribution is -0.122. The standard InChI is InChI=1S/C18H16N2O2S/c21-14-6-3-4-11-8-9-12(17(11)14)18(22)19-10-16-20-13-5-1-2-7-15(13)23-16/h1-7,12,21H,8-10H2,(H,19,22). The van der Waals surface area contributed by atoms with Crippen molar-refractivity contribution in [3.8, 4) is 5.75 Å². The Morgan fingerprint density at radius 2 is 2.13 bits per heavy atom. The summed E-state index contributed by atoms with van der Waals surface area (Å²) in [4.78, 5) is 17.0. The summed E-state index contributed by atoms with van der Waals surface area (Å²) < 4.78 is 1.13. The fourth-order valence-corrected chi connectivity index (χ4v) is 4.11. The zero-order valence-corrected chi connectivity index (χ0v) is 13.3. The van der Waals surface area contributed by atoms with Gasteiger partial charge in [-0.3, -0.25) is 4.79 Å². The third kappa shape index (κ3) is 2.57. The van der Waals surface area contributed by atoms with Crippen LogP contribution in [0.3, 0.4) is 0 Å². The number of aromatic nitrogens is 1. The minimum Gasteiger partial charge on any atom is -0.508 e. The van der Waals surface area contributed by atoms with Crippen LogP contribution in [0.4, 0.5) is 0 Å². The van der Waals surface area contributed by atoms with Crippen molar-refractivity contribution in [1.29, 1.82) is 0 Å². The zero-order valence-electron chi connectivity index (χ0n) is 12.5. The molecule has 2 N–H and O–H groups in total. The van der Waals surface area contributed by atoms with Gasteiger partial charge in [-0.15, -0.1) is 11.3 Å². The van der Waals surface area contributed by atoms with Crippen LogP contribution in [0.1, 0.15) is 28.5 Å². The van der Waals surface area contributed by atoms with E-state index in [1.807, 2.05) is 36.4 Å². The lowest BCUT2D eigenvalue weighted by Crippen LogP contribution is -2.27. The lowest BCUT2D eigenvalue weighted by Gasteiger charge is -2.12. The maximum absolute atomic E-state index is 12.5. The van der Waals surface area contributed by atoms with Gasteiger partial charge in [0.25, 0.3) is 0 Å². The molecule has 0 radical (unpaired) electrons. The highest BCUT2D eigenvalue weighted by Gasteiger charge is 2.30. The topological polar surface area (TPSA) is 62.2 Å². The first kappa shape index (κ1) is 14.2. The number of aromatic hydroxyl groups is 1. The van der Waals surface area contributed by atoms with E-state index in [0.29, 0.717) is 6.54 Å². The van der Waals surface area contributed by atoms with E-state index in [2.05, 4.69) is 10.3 Å². The summed E-state index contributed by atoms with van der Waals surface area (Å²) >= 11 is 1.60.